The molecule has 0 spiro atoms. The van der Waals surface area contributed by atoms with Crippen LogP contribution in [0.2, 0.25) is 0 Å². The molecule has 0 fully saturated rings. The van der Waals surface area contributed by atoms with Crippen molar-refractivity contribution in [1.29, 1.82) is 0 Å². The van der Waals surface area contributed by atoms with E-state index >= 15 is 0 Å². The van der Waals surface area contributed by atoms with Gasteiger partial charge in [0.1, 0.15) is 6.04 Å². The molecule has 0 radical (unpaired) electrons. The fourth-order valence-corrected chi connectivity index (χ4v) is 4.76. The molecule has 2 heterocycles. The molecule has 0 aliphatic carbocycles. The first-order valence-corrected chi connectivity index (χ1v) is 12.2. The highest BCUT2D eigenvalue weighted by Gasteiger charge is 2.44. The Kier molecular flexibility index (Phi) is 6.44. The number of amides is 2. The minimum atomic E-state index is -1.25. The lowest BCUT2D eigenvalue weighted by Gasteiger charge is -2.28. The first-order chi connectivity index (χ1) is 17.9. The molecule has 1 aliphatic heterocycles. The Hall–Kier alpha value is -4.52. The van der Waals surface area contributed by atoms with E-state index in [-0.39, 0.29) is 23.5 Å². The summed E-state index contributed by atoms with van der Waals surface area (Å²) in [5.74, 6) is -2.31. The highest BCUT2D eigenvalue weighted by molar-refractivity contribution is 6.22. The molecular weight excluding hydrogens is 468 g/mol. The Labute approximate surface area is 214 Å². The van der Waals surface area contributed by atoms with Gasteiger partial charge in [-0.05, 0) is 30.5 Å². The number of nitrogens with one attached hydrogen (secondary N) is 1. The van der Waals surface area contributed by atoms with E-state index in [4.69, 9.17) is 4.74 Å². The van der Waals surface area contributed by atoms with Gasteiger partial charge in [0.25, 0.3) is 11.8 Å². The summed E-state index contributed by atoms with van der Waals surface area (Å²) in [6.07, 6.45) is 0.553. The quantitative estimate of drug-likeness (QED) is 0.202. The van der Waals surface area contributed by atoms with E-state index in [1.165, 1.54) is 0 Å². The number of carbonyl (C=O) groups is 4. The van der Waals surface area contributed by atoms with Gasteiger partial charge in [0, 0.05) is 28.2 Å². The Morgan fingerprint density at radius 2 is 1.43 bits per heavy atom. The second kappa shape index (κ2) is 9.85. The standard InChI is InChI=1S/C30H26N2O5/c1-18(2)16-25(32-28(34)21-13-6-7-14-22(21)29(32)35)30(36)37-27(19-10-4-3-5-11-19)26(33)23-17-31-24-15-9-8-12-20(23)24/h3-15,17-18,25,27,31H,16H2,1-2H3. The minimum Gasteiger partial charge on any atom is -0.447 e. The summed E-state index contributed by atoms with van der Waals surface area (Å²) < 4.78 is 5.89. The molecule has 7 heteroatoms. The SMILES string of the molecule is CC(C)CC(C(=O)OC(C(=O)c1c[nH]c2ccccc12)c1ccccc1)N1C(=O)c2ccccc2C1=O. The van der Waals surface area contributed by atoms with Crippen molar-refractivity contribution < 1.29 is 23.9 Å². The Bertz CT molecular complexity index is 1470. The van der Waals surface area contributed by atoms with Gasteiger partial charge in [-0.2, -0.15) is 0 Å². The van der Waals surface area contributed by atoms with E-state index in [2.05, 4.69) is 4.98 Å². The smallest absolute Gasteiger partial charge is 0.330 e. The molecule has 2 amide bonds. The number of nitrogens with zero attached hydrogens (tertiary/aromatic N) is 1. The van der Waals surface area contributed by atoms with Gasteiger partial charge in [-0.1, -0.05) is 74.5 Å². The maximum absolute atomic E-state index is 13.8. The molecule has 0 saturated carbocycles. The predicted octanol–water partition coefficient (Wildman–Crippen LogP) is 5.35. The molecule has 5 rings (SSSR count). The van der Waals surface area contributed by atoms with Crippen LogP contribution in [-0.4, -0.2) is 39.5 Å². The number of imide groups is 1. The van der Waals surface area contributed by atoms with Crippen LogP contribution >= 0.6 is 0 Å². The number of carbonyl (C=O) groups excluding carboxylic acids is 4. The second-order valence-corrected chi connectivity index (χ2v) is 9.51. The van der Waals surface area contributed by atoms with Gasteiger partial charge in [0.2, 0.25) is 5.78 Å². The van der Waals surface area contributed by atoms with E-state index in [1.54, 1.807) is 60.8 Å². The van der Waals surface area contributed by atoms with Crippen LogP contribution in [0, 0.1) is 5.92 Å². The molecule has 7 nitrogen and oxygen atoms in total. The van der Waals surface area contributed by atoms with Crippen molar-refractivity contribution in [3.63, 3.8) is 0 Å². The van der Waals surface area contributed by atoms with Crippen molar-refractivity contribution in [3.8, 4) is 0 Å². The van der Waals surface area contributed by atoms with Gasteiger partial charge >= 0.3 is 5.97 Å². The van der Waals surface area contributed by atoms with E-state index in [0.29, 0.717) is 16.5 Å². The van der Waals surface area contributed by atoms with Gasteiger partial charge in [0.05, 0.1) is 11.1 Å². The number of hydrogen-bond donors (Lipinski definition) is 1. The first-order valence-electron chi connectivity index (χ1n) is 12.2. The third-order valence-electron chi connectivity index (χ3n) is 6.53. The van der Waals surface area contributed by atoms with Crippen LogP contribution in [0.15, 0.2) is 85.1 Å². The summed E-state index contributed by atoms with van der Waals surface area (Å²) in [6, 6.07) is 21.4. The van der Waals surface area contributed by atoms with Crippen molar-refractivity contribution in [2.45, 2.75) is 32.4 Å². The Balaban J connectivity index is 1.50. The summed E-state index contributed by atoms with van der Waals surface area (Å²) in [7, 11) is 0. The molecule has 4 aromatic rings. The number of esters is 1. The first kappa shape index (κ1) is 24.2. The zero-order valence-electron chi connectivity index (χ0n) is 20.5. The Morgan fingerprint density at radius 3 is 2.08 bits per heavy atom. The number of hydrogen-bond acceptors (Lipinski definition) is 5. The fourth-order valence-electron chi connectivity index (χ4n) is 4.76. The molecule has 2 atom stereocenters. The average molecular weight is 495 g/mol. The second-order valence-electron chi connectivity index (χ2n) is 9.51. The van der Waals surface area contributed by atoms with E-state index in [1.807, 2.05) is 38.1 Å². The van der Waals surface area contributed by atoms with Gasteiger partial charge in [-0.25, -0.2) is 4.79 Å². The maximum atomic E-state index is 13.8. The molecule has 37 heavy (non-hydrogen) atoms. The monoisotopic (exact) mass is 494 g/mol. The van der Waals surface area contributed by atoms with E-state index in [0.717, 1.165) is 10.4 Å². The summed E-state index contributed by atoms with van der Waals surface area (Å²) in [5.41, 5.74) is 2.18. The molecule has 1 aliphatic rings. The number of fused-ring (bicyclic) bond motifs is 2. The Morgan fingerprint density at radius 1 is 0.838 bits per heavy atom. The molecule has 2 unspecified atom stereocenters. The van der Waals surface area contributed by atoms with Crippen molar-refractivity contribution in [2.24, 2.45) is 5.92 Å². The normalized spacial score (nSPS) is 14.6. The van der Waals surface area contributed by atoms with Crippen molar-refractivity contribution in [3.05, 3.63) is 107 Å². The fraction of sp³-hybridized carbons (Fsp3) is 0.200. The van der Waals surface area contributed by atoms with Crippen LogP contribution < -0.4 is 0 Å². The largest absolute Gasteiger partial charge is 0.447 e. The summed E-state index contributed by atoms with van der Waals surface area (Å²) >= 11 is 0. The third kappa shape index (κ3) is 4.44. The molecule has 3 aromatic carbocycles. The third-order valence-corrected chi connectivity index (χ3v) is 6.53. The zero-order chi connectivity index (χ0) is 26.1. The highest BCUT2D eigenvalue weighted by Crippen LogP contribution is 2.31. The van der Waals surface area contributed by atoms with Crippen LogP contribution in [-0.2, 0) is 9.53 Å². The number of H-pyrrole nitrogens is 1. The number of aromatic amines is 1. The van der Waals surface area contributed by atoms with Crippen molar-refractivity contribution in [1.82, 2.24) is 9.88 Å². The number of Topliss-reactive ketones (excluding diaryl/α,β-unsaturated/α-hetero) is 1. The molecule has 186 valence electrons. The molecule has 0 saturated heterocycles. The number of aromatic nitrogens is 1. The topological polar surface area (TPSA) is 96.5 Å². The van der Waals surface area contributed by atoms with E-state index in [9.17, 15) is 19.2 Å². The number of para-hydroxylation sites is 1. The van der Waals surface area contributed by atoms with Crippen LogP contribution in [0.1, 0.15) is 63.0 Å². The molecule has 0 bridgehead atoms. The number of rotatable bonds is 8. The van der Waals surface area contributed by atoms with Crippen LogP contribution in [0.25, 0.3) is 10.9 Å². The van der Waals surface area contributed by atoms with E-state index < -0.39 is 35.7 Å². The molecular formula is C30H26N2O5. The van der Waals surface area contributed by atoms with Gasteiger partial charge in [-0.3, -0.25) is 19.3 Å². The minimum absolute atomic E-state index is 0.0265. The van der Waals surface area contributed by atoms with Gasteiger partial charge in [0.15, 0.2) is 6.10 Å². The molecule has 1 N–H and O–H groups in total. The summed E-state index contributed by atoms with van der Waals surface area (Å²) in [5, 5.41) is 0.712. The van der Waals surface area contributed by atoms with Gasteiger partial charge < -0.3 is 9.72 Å². The zero-order valence-corrected chi connectivity index (χ0v) is 20.5. The number of ether oxygens (including phenoxy) is 1. The summed E-state index contributed by atoms with van der Waals surface area (Å²) in [4.78, 5) is 57.9. The average Bonchev–Trinajstić information content (AvgIpc) is 3.45. The van der Waals surface area contributed by atoms with Crippen LogP contribution in [0.3, 0.4) is 0 Å². The molecule has 1 aromatic heterocycles. The number of benzene rings is 3. The lowest BCUT2D eigenvalue weighted by atomic mass is 9.98. The number of ketones is 1. The predicted molar refractivity (Wildman–Crippen MR) is 138 cm³/mol. The maximum Gasteiger partial charge on any atom is 0.330 e. The van der Waals surface area contributed by atoms with Crippen LogP contribution in [0.4, 0.5) is 0 Å². The van der Waals surface area contributed by atoms with Crippen LogP contribution in [0.5, 0.6) is 0 Å². The van der Waals surface area contributed by atoms with Crippen molar-refractivity contribution >= 4 is 34.5 Å². The van der Waals surface area contributed by atoms with Gasteiger partial charge in [-0.15, -0.1) is 0 Å². The lowest BCUT2D eigenvalue weighted by molar-refractivity contribution is -0.152. The highest BCUT2D eigenvalue weighted by atomic mass is 16.5. The lowest BCUT2D eigenvalue weighted by Crippen LogP contribution is -2.47. The van der Waals surface area contributed by atoms with Crippen molar-refractivity contribution in [2.75, 3.05) is 0 Å². The summed E-state index contributed by atoms with van der Waals surface area (Å²) in [6.45, 7) is 3.79.